The van der Waals surface area contributed by atoms with Crippen LogP contribution in [-0.2, 0) is 20.9 Å². The van der Waals surface area contributed by atoms with Gasteiger partial charge in [0.15, 0.2) is 0 Å². The Hall–Kier alpha value is -4.14. The average Bonchev–Trinajstić information content (AvgIpc) is 2.79. The number of carboxylic acid groups (broad SMARTS) is 1. The molecule has 0 saturated carbocycles. The first-order valence-electron chi connectivity index (χ1n) is 9.90. The number of carboxylic acids is 1. The molecule has 32 heavy (non-hydrogen) atoms. The summed E-state index contributed by atoms with van der Waals surface area (Å²) in [6.07, 6.45) is -0.618. The Balaban J connectivity index is 1.46. The number of aliphatic carboxylic acids is 1. The zero-order valence-electron chi connectivity index (χ0n) is 17.1. The number of alkyl carbamates (subject to hydrolysis) is 1. The quantitative estimate of drug-likeness (QED) is 0.437. The van der Waals surface area contributed by atoms with Crippen molar-refractivity contribution in [3.63, 3.8) is 0 Å². The molecule has 0 fully saturated rings. The minimum atomic E-state index is -1.07. The molecule has 2 aromatic carbocycles. The van der Waals surface area contributed by atoms with Crippen molar-refractivity contribution >= 4 is 28.9 Å². The van der Waals surface area contributed by atoms with E-state index < -0.39 is 29.5 Å². The van der Waals surface area contributed by atoms with Crippen molar-refractivity contribution in [2.24, 2.45) is 0 Å². The molecule has 3 aromatic rings. The summed E-state index contributed by atoms with van der Waals surface area (Å²) in [7, 11) is 0. The molecule has 2 amide bonds. The van der Waals surface area contributed by atoms with Gasteiger partial charge in [-0.05, 0) is 29.7 Å². The van der Waals surface area contributed by atoms with Gasteiger partial charge in [-0.25, -0.2) is 9.59 Å². The van der Waals surface area contributed by atoms with E-state index in [1.54, 1.807) is 18.2 Å². The highest BCUT2D eigenvalue weighted by Crippen LogP contribution is 2.23. The fourth-order valence-corrected chi connectivity index (χ4v) is 3.07. The number of fused-ring (bicyclic) bond motifs is 1. The zero-order chi connectivity index (χ0) is 22.9. The van der Waals surface area contributed by atoms with E-state index in [0.29, 0.717) is 16.5 Å². The molecule has 1 heterocycles. The van der Waals surface area contributed by atoms with Gasteiger partial charge in [0.05, 0.1) is 12.5 Å². The SMILES string of the molecule is O=C(CNC(=O)OCc1ccccc1)NCCC(C(=O)O)c1ccc2ccc(=O)oc2c1. The molecule has 0 aliphatic heterocycles. The van der Waals surface area contributed by atoms with Crippen molar-refractivity contribution in [1.82, 2.24) is 10.6 Å². The van der Waals surface area contributed by atoms with Crippen molar-refractivity contribution in [2.45, 2.75) is 18.9 Å². The van der Waals surface area contributed by atoms with Crippen LogP contribution in [0.25, 0.3) is 11.0 Å². The maximum absolute atomic E-state index is 11.9. The first-order valence-corrected chi connectivity index (χ1v) is 9.90. The van der Waals surface area contributed by atoms with Gasteiger partial charge in [0.25, 0.3) is 0 Å². The van der Waals surface area contributed by atoms with E-state index in [0.717, 1.165) is 5.56 Å². The van der Waals surface area contributed by atoms with Crippen LogP contribution in [-0.4, -0.2) is 36.2 Å². The molecule has 1 atom stereocenters. The molecule has 0 radical (unpaired) electrons. The lowest BCUT2D eigenvalue weighted by Crippen LogP contribution is -2.38. The van der Waals surface area contributed by atoms with E-state index in [1.807, 2.05) is 30.3 Å². The van der Waals surface area contributed by atoms with Gasteiger partial charge in [0.2, 0.25) is 5.91 Å². The van der Waals surface area contributed by atoms with Crippen LogP contribution in [0.15, 0.2) is 69.9 Å². The Bertz CT molecular complexity index is 1160. The van der Waals surface area contributed by atoms with Crippen LogP contribution in [0.2, 0.25) is 0 Å². The maximum atomic E-state index is 11.9. The van der Waals surface area contributed by atoms with Gasteiger partial charge in [-0.15, -0.1) is 0 Å². The topological polar surface area (TPSA) is 135 Å². The molecular weight excluding hydrogens is 416 g/mol. The average molecular weight is 438 g/mol. The van der Waals surface area contributed by atoms with E-state index in [1.165, 1.54) is 12.1 Å². The summed E-state index contributed by atoms with van der Waals surface area (Å²) in [5.41, 5.74) is 1.04. The normalized spacial score (nSPS) is 11.5. The second-order valence-electron chi connectivity index (χ2n) is 7.00. The molecule has 3 N–H and O–H groups in total. The number of nitrogens with one attached hydrogen (secondary N) is 2. The minimum Gasteiger partial charge on any atom is -0.481 e. The molecule has 0 spiro atoms. The summed E-state index contributed by atoms with van der Waals surface area (Å²) in [6, 6.07) is 16.8. The van der Waals surface area contributed by atoms with E-state index in [9.17, 15) is 24.3 Å². The number of benzene rings is 2. The highest BCUT2D eigenvalue weighted by atomic mass is 16.5. The van der Waals surface area contributed by atoms with Gasteiger partial charge in [-0.2, -0.15) is 0 Å². The molecule has 0 bridgehead atoms. The fraction of sp³-hybridized carbons (Fsp3) is 0.217. The van der Waals surface area contributed by atoms with Crippen LogP contribution in [0.3, 0.4) is 0 Å². The van der Waals surface area contributed by atoms with Gasteiger partial charge in [-0.3, -0.25) is 9.59 Å². The van der Waals surface area contributed by atoms with Gasteiger partial charge in [-0.1, -0.05) is 42.5 Å². The molecule has 166 valence electrons. The lowest BCUT2D eigenvalue weighted by molar-refractivity contribution is -0.139. The van der Waals surface area contributed by atoms with Crippen LogP contribution < -0.4 is 16.3 Å². The van der Waals surface area contributed by atoms with Crippen LogP contribution in [0, 0.1) is 0 Å². The van der Waals surface area contributed by atoms with E-state index in [4.69, 9.17) is 9.15 Å². The van der Waals surface area contributed by atoms with Gasteiger partial charge in [0.1, 0.15) is 12.2 Å². The highest BCUT2D eigenvalue weighted by molar-refractivity contribution is 5.83. The second-order valence-corrected chi connectivity index (χ2v) is 7.00. The summed E-state index contributed by atoms with van der Waals surface area (Å²) in [5, 5.41) is 15.2. The Morgan fingerprint density at radius 2 is 1.75 bits per heavy atom. The fourth-order valence-electron chi connectivity index (χ4n) is 3.07. The molecule has 9 heteroatoms. The molecular formula is C23H22N2O7. The summed E-state index contributed by atoms with van der Waals surface area (Å²) < 4.78 is 10.1. The van der Waals surface area contributed by atoms with Crippen LogP contribution >= 0.6 is 0 Å². The van der Waals surface area contributed by atoms with Crippen molar-refractivity contribution in [3.05, 3.63) is 82.2 Å². The number of rotatable bonds is 9. The monoisotopic (exact) mass is 438 g/mol. The number of carbonyl (C=O) groups is 3. The van der Waals surface area contributed by atoms with E-state index in [-0.39, 0.29) is 26.1 Å². The smallest absolute Gasteiger partial charge is 0.407 e. The largest absolute Gasteiger partial charge is 0.481 e. The Morgan fingerprint density at radius 3 is 2.50 bits per heavy atom. The molecule has 0 aliphatic rings. The molecule has 0 aliphatic carbocycles. The third kappa shape index (κ3) is 6.43. The van der Waals surface area contributed by atoms with Gasteiger partial charge < -0.3 is 24.9 Å². The zero-order valence-corrected chi connectivity index (χ0v) is 17.1. The summed E-state index contributed by atoms with van der Waals surface area (Å²) >= 11 is 0. The van der Waals surface area contributed by atoms with Crippen molar-refractivity contribution in [2.75, 3.05) is 13.1 Å². The number of ether oxygens (including phenoxy) is 1. The first kappa shape index (κ1) is 22.5. The van der Waals surface area contributed by atoms with Crippen LogP contribution in [0.4, 0.5) is 4.79 Å². The molecule has 0 saturated heterocycles. The summed E-state index contributed by atoms with van der Waals surface area (Å²) in [4.78, 5) is 46.7. The molecule has 1 aromatic heterocycles. The third-order valence-electron chi connectivity index (χ3n) is 4.71. The Kier molecular flexibility index (Phi) is 7.58. The molecule has 3 rings (SSSR count). The second kappa shape index (κ2) is 10.8. The number of amides is 2. The number of hydrogen-bond donors (Lipinski definition) is 3. The Morgan fingerprint density at radius 1 is 1.00 bits per heavy atom. The first-order chi connectivity index (χ1) is 15.4. The standard InChI is InChI=1S/C23H22N2O7/c26-20(13-25-23(30)31-14-15-4-2-1-3-5-15)24-11-10-18(22(28)29)17-7-6-16-8-9-21(27)32-19(16)12-17/h1-9,12,18H,10-11,13-14H2,(H,24,26)(H,25,30)(H,28,29). The van der Waals surface area contributed by atoms with Gasteiger partial charge in [0, 0.05) is 18.0 Å². The minimum absolute atomic E-state index is 0.0767. The van der Waals surface area contributed by atoms with Crippen LogP contribution in [0.5, 0.6) is 0 Å². The third-order valence-corrected chi connectivity index (χ3v) is 4.71. The van der Waals surface area contributed by atoms with E-state index in [2.05, 4.69) is 10.6 Å². The predicted molar refractivity (Wildman–Crippen MR) is 115 cm³/mol. The highest BCUT2D eigenvalue weighted by Gasteiger charge is 2.20. The lowest BCUT2D eigenvalue weighted by Gasteiger charge is -2.14. The number of carbonyl (C=O) groups excluding carboxylic acids is 2. The predicted octanol–water partition coefficient (Wildman–Crippen LogP) is 2.39. The summed E-state index contributed by atoms with van der Waals surface area (Å²) in [6.45, 7) is -0.139. The van der Waals surface area contributed by atoms with Crippen molar-refractivity contribution in [1.29, 1.82) is 0 Å². The van der Waals surface area contributed by atoms with Crippen molar-refractivity contribution < 1.29 is 28.6 Å². The van der Waals surface area contributed by atoms with Crippen molar-refractivity contribution in [3.8, 4) is 0 Å². The van der Waals surface area contributed by atoms with Crippen LogP contribution in [0.1, 0.15) is 23.5 Å². The lowest BCUT2D eigenvalue weighted by atomic mass is 9.95. The van der Waals surface area contributed by atoms with Gasteiger partial charge >= 0.3 is 17.7 Å². The van der Waals surface area contributed by atoms with E-state index >= 15 is 0 Å². The Labute approximate surface area is 183 Å². The number of hydrogen-bond acceptors (Lipinski definition) is 6. The molecule has 9 nitrogen and oxygen atoms in total. The maximum Gasteiger partial charge on any atom is 0.407 e. The molecule has 1 unspecified atom stereocenters. The summed E-state index contributed by atoms with van der Waals surface area (Å²) in [5.74, 6) is -2.45.